The molecule has 0 atom stereocenters. The van der Waals surface area contributed by atoms with Crippen LogP contribution < -0.4 is 5.32 Å². The van der Waals surface area contributed by atoms with Crippen LogP contribution in [0.3, 0.4) is 0 Å². The second kappa shape index (κ2) is 8.50. The molecule has 4 heterocycles. The van der Waals surface area contributed by atoms with Gasteiger partial charge in [0.15, 0.2) is 10.9 Å². The molecular weight excluding hydrogens is 374 g/mol. The van der Waals surface area contributed by atoms with Crippen molar-refractivity contribution >= 4 is 27.9 Å². The van der Waals surface area contributed by atoms with Crippen LogP contribution in [0, 0.1) is 5.92 Å². The van der Waals surface area contributed by atoms with Gasteiger partial charge in [-0.1, -0.05) is 24.0 Å². The Hall–Kier alpha value is -2.77. The van der Waals surface area contributed by atoms with Crippen molar-refractivity contribution in [1.29, 1.82) is 0 Å². The molecule has 1 amide bonds. The number of thiazole rings is 1. The molecule has 0 saturated carbocycles. The average molecular weight is 395 g/mol. The van der Waals surface area contributed by atoms with Crippen molar-refractivity contribution < 1.29 is 13.9 Å². The Morgan fingerprint density at radius 1 is 1.25 bits per heavy atom. The lowest BCUT2D eigenvalue weighted by atomic mass is 9.91. The lowest BCUT2D eigenvalue weighted by Crippen LogP contribution is -2.16. The standard InChI is InChI=1S/C21H21N3O3S/c1-14(15-7-11-26-12-8-15)20-19(17-6-4-10-27-17)24-21(28-20)23-18(25)13-16-5-2-3-9-22-16/h2-6,9-10,15H,1,7-8,11-13H2,(H,23,24,25). The Morgan fingerprint density at radius 2 is 2.11 bits per heavy atom. The summed E-state index contributed by atoms with van der Waals surface area (Å²) in [6, 6.07) is 9.22. The molecule has 3 aromatic rings. The van der Waals surface area contributed by atoms with Gasteiger partial charge < -0.3 is 14.5 Å². The molecule has 1 aliphatic heterocycles. The number of ether oxygens (including phenoxy) is 1. The van der Waals surface area contributed by atoms with Gasteiger partial charge in [0.2, 0.25) is 5.91 Å². The van der Waals surface area contributed by atoms with Crippen LogP contribution in [0.25, 0.3) is 17.0 Å². The molecule has 0 radical (unpaired) electrons. The summed E-state index contributed by atoms with van der Waals surface area (Å²) in [6.45, 7) is 5.81. The first-order chi connectivity index (χ1) is 13.7. The number of aromatic nitrogens is 2. The number of hydrogen-bond donors (Lipinski definition) is 1. The van der Waals surface area contributed by atoms with Crippen LogP contribution in [0.5, 0.6) is 0 Å². The maximum absolute atomic E-state index is 12.4. The Morgan fingerprint density at radius 3 is 2.82 bits per heavy atom. The molecule has 0 aliphatic carbocycles. The molecule has 28 heavy (non-hydrogen) atoms. The number of carbonyl (C=O) groups excluding carboxylic acids is 1. The van der Waals surface area contributed by atoms with E-state index in [0.717, 1.165) is 47.9 Å². The summed E-state index contributed by atoms with van der Waals surface area (Å²) in [5, 5.41) is 3.43. The zero-order valence-corrected chi connectivity index (χ0v) is 16.2. The van der Waals surface area contributed by atoms with E-state index in [2.05, 4.69) is 21.9 Å². The first-order valence-electron chi connectivity index (χ1n) is 9.22. The van der Waals surface area contributed by atoms with Crippen molar-refractivity contribution in [3.63, 3.8) is 0 Å². The van der Waals surface area contributed by atoms with Crippen LogP contribution in [0.1, 0.15) is 23.4 Å². The number of amides is 1. The fourth-order valence-corrected chi connectivity index (χ4v) is 4.27. The molecule has 1 aliphatic rings. The van der Waals surface area contributed by atoms with E-state index in [1.54, 1.807) is 12.5 Å². The molecular formula is C21H21N3O3S. The quantitative estimate of drug-likeness (QED) is 0.669. The van der Waals surface area contributed by atoms with Gasteiger partial charge in [-0.3, -0.25) is 9.78 Å². The molecule has 0 unspecified atom stereocenters. The smallest absolute Gasteiger partial charge is 0.232 e. The van der Waals surface area contributed by atoms with Crippen molar-refractivity contribution in [2.75, 3.05) is 18.5 Å². The summed E-state index contributed by atoms with van der Waals surface area (Å²) in [5.41, 5.74) is 2.46. The lowest BCUT2D eigenvalue weighted by molar-refractivity contribution is -0.115. The number of nitrogens with zero attached hydrogens (tertiary/aromatic N) is 2. The van der Waals surface area contributed by atoms with Crippen molar-refractivity contribution in [3.05, 3.63) is 59.9 Å². The molecule has 144 valence electrons. The van der Waals surface area contributed by atoms with Gasteiger partial charge in [0.05, 0.1) is 17.6 Å². The lowest BCUT2D eigenvalue weighted by Gasteiger charge is -2.23. The Bertz CT molecular complexity index is 945. The topological polar surface area (TPSA) is 77.3 Å². The summed E-state index contributed by atoms with van der Waals surface area (Å²) < 4.78 is 11.0. The zero-order valence-electron chi connectivity index (χ0n) is 15.4. The molecule has 6 nitrogen and oxygen atoms in total. The summed E-state index contributed by atoms with van der Waals surface area (Å²) in [7, 11) is 0. The predicted molar refractivity (Wildman–Crippen MR) is 109 cm³/mol. The molecule has 1 N–H and O–H groups in total. The van der Waals surface area contributed by atoms with Crippen LogP contribution in [-0.2, 0) is 16.0 Å². The number of pyridine rings is 1. The van der Waals surface area contributed by atoms with E-state index in [0.29, 0.717) is 16.8 Å². The van der Waals surface area contributed by atoms with Gasteiger partial charge in [0, 0.05) is 25.1 Å². The van der Waals surface area contributed by atoms with E-state index in [4.69, 9.17) is 9.15 Å². The monoisotopic (exact) mass is 395 g/mol. The second-order valence-electron chi connectivity index (χ2n) is 6.63. The highest BCUT2D eigenvalue weighted by Crippen LogP contribution is 2.40. The first-order valence-corrected chi connectivity index (χ1v) is 10.0. The van der Waals surface area contributed by atoms with E-state index < -0.39 is 0 Å². The van der Waals surface area contributed by atoms with Crippen LogP contribution in [0.2, 0.25) is 0 Å². The van der Waals surface area contributed by atoms with E-state index in [9.17, 15) is 4.79 Å². The van der Waals surface area contributed by atoms with Gasteiger partial charge in [-0.2, -0.15) is 0 Å². The van der Waals surface area contributed by atoms with Gasteiger partial charge >= 0.3 is 0 Å². The van der Waals surface area contributed by atoms with E-state index in [1.165, 1.54) is 11.3 Å². The summed E-state index contributed by atoms with van der Waals surface area (Å²) >= 11 is 1.43. The van der Waals surface area contributed by atoms with Crippen molar-refractivity contribution in [2.45, 2.75) is 19.3 Å². The minimum atomic E-state index is -0.151. The second-order valence-corrected chi connectivity index (χ2v) is 7.63. The summed E-state index contributed by atoms with van der Waals surface area (Å²) in [5.74, 6) is 0.867. The largest absolute Gasteiger partial charge is 0.463 e. The van der Waals surface area contributed by atoms with Crippen molar-refractivity contribution in [2.24, 2.45) is 5.92 Å². The maximum Gasteiger partial charge on any atom is 0.232 e. The Labute approximate surface area is 167 Å². The highest BCUT2D eigenvalue weighted by atomic mass is 32.1. The zero-order chi connectivity index (χ0) is 19.3. The molecule has 7 heteroatoms. The SMILES string of the molecule is C=C(c1sc(NC(=O)Cc2ccccn2)nc1-c1ccco1)C1CCOCC1. The van der Waals surface area contributed by atoms with Gasteiger partial charge in [0.25, 0.3) is 0 Å². The maximum atomic E-state index is 12.4. The van der Waals surface area contributed by atoms with Crippen LogP contribution in [0.4, 0.5) is 5.13 Å². The fourth-order valence-electron chi connectivity index (χ4n) is 3.23. The highest BCUT2D eigenvalue weighted by molar-refractivity contribution is 7.17. The number of anilines is 1. The number of rotatable bonds is 6. The number of allylic oxidation sites excluding steroid dienone is 1. The average Bonchev–Trinajstić information content (AvgIpc) is 3.38. The fraction of sp³-hybridized carbons (Fsp3) is 0.286. The number of carbonyl (C=O) groups is 1. The Balaban J connectivity index is 1.56. The third kappa shape index (κ3) is 4.21. The van der Waals surface area contributed by atoms with E-state index in [1.807, 2.05) is 30.3 Å². The number of hydrogen-bond acceptors (Lipinski definition) is 6. The molecule has 1 fully saturated rings. The van der Waals surface area contributed by atoms with Gasteiger partial charge in [-0.05, 0) is 48.6 Å². The van der Waals surface area contributed by atoms with E-state index in [-0.39, 0.29) is 12.3 Å². The summed E-state index contributed by atoms with van der Waals surface area (Å²) in [4.78, 5) is 22.2. The van der Waals surface area contributed by atoms with Crippen molar-refractivity contribution in [3.8, 4) is 11.5 Å². The predicted octanol–water partition coefficient (Wildman–Crippen LogP) is 4.42. The molecule has 0 bridgehead atoms. The normalized spacial score (nSPS) is 14.7. The molecule has 1 saturated heterocycles. The highest BCUT2D eigenvalue weighted by Gasteiger charge is 2.25. The molecule has 4 rings (SSSR count). The molecule has 3 aromatic heterocycles. The van der Waals surface area contributed by atoms with Gasteiger partial charge in [-0.25, -0.2) is 4.98 Å². The van der Waals surface area contributed by atoms with Crippen LogP contribution in [-0.4, -0.2) is 29.1 Å². The Kier molecular flexibility index (Phi) is 5.64. The van der Waals surface area contributed by atoms with Crippen molar-refractivity contribution in [1.82, 2.24) is 9.97 Å². The minimum Gasteiger partial charge on any atom is -0.463 e. The van der Waals surface area contributed by atoms with Gasteiger partial charge in [-0.15, -0.1) is 0 Å². The minimum absolute atomic E-state index is 0.151. The number of nitrogens with one attached hydrogen (secondary N) is 1. The third-order valence-corrected chi connectivity index (χ3v) is 5.75. The summed E-state index contributed by atoms with van der Waals surface area (Å²) in [6.07, 6.45) is 5.38. The molecule has 0 aromatic carbocycles. The third-order valence-electron chi connectivity index (χ3n) is 4.70. The van der Waals surface area contributed by atoms with E-state index >= 15 is 0 Å². The number of furan rings is 1. The first kappa shape index (κ1) is 18.6. The van der Waals surface area contributed by atoms with Crippen LogP contribution >= 0.6 is 11.3 Å². The van der Waals surface area contributed by atoms with Crippen LogP contribution in [0.15, 0.2) is 53.8 Å². The molecule has 0 spiro atoms. The van der Waals surface area contributed by atoms with Gasteiger partial charge in [0.1, 0.15) is 5.69 Å².